The Morgan fingerprint density at radius 3 is 2.50 bits per heavy atom. The van der Waals surface area contributed by atoms with Gasteiger partial charge in [-0.25, -0.2) is 15.0 Å². The van der Waals surface area contributed by atoms with Crippen molar-refractivity contribution in [2.45, 2.75) is 37.3 Å². The molecular formula is C15H17N5. The molecule has 2 N–H and O–H groups in total. The SMILES string of the molecule is NN1C2CCC1C(c1cncc(-c3cncnc3)c1)C2. The van der Waals surface area contributed by atoms with Gasteiger partial charge in [-0.1, -0.05) is 0 Å². The summed E-state index contributed by atoms with van der Waals surface area (Å²) in [5.74, 6) is 6.66. The summed E-state index contributed by atoms with van der Waals surface area (Å²) in [6.07, 6.45) is 12.6. The summed E-state index contributed by atoms with van der Waals surface area (Å²) < 4.78 is 0. The van der Waals surface area contributed by atoms with Crippen LogP contribution in [0.3, 0.4) is 0 Å². The fraction of sp³-hybridized carbons (Fsp3) is 0.400. The van der Waals surface area contributed by atoms with Crippen LogP contribution in [0.5, 0.6) is 0 Å². The molecule has 0 aliphatic carbocycles. The molecule has 5 heteroatoms. The summed E-state index contributed by atoms with van der Waals surface area (Å²) in [6.45, 7) is 0. The first-order valence-electron chi connectivity index (χ1n) is 7.06. The van der Waals surface area contributed by atoms with Gasteiger partial charge in [0.15, 0.2) is 0 Å². The van der Waals surface area contributed by atoms with Crippen molar-refractivity contribution in [1.82, 2.24) is 20.0 Å². The first kappa shape index (κ1) is 11.9. The molecule has 2 aromatic rings. The van der Waals surface area contributed by atoms with Crippen molar-refractivity contribution >= 4 is 0 Å². The summed E-state index contributed by atoms with van der Waals surface area (Å²) in [7, 11) is 0. The fourth-order valence-corrected chi connectivity index (χ4v) is 3.66. The lowest BCUT2D eigenvalue weighted by Crippen LogP contribution is -2.36. The highest BCUT2D eigenvalue weighted by atomic mass is 15.5. The third-order valence-electron chi connectivity index (χ3n) is 4.67. The molecule has 5 nitrogen and oxygen atoms in total. The molecule has 2 bridgehead atoms. The van der Waals surface area contributed by atoms with E-state index in [2.05, 4.69) is 26.0 Å². The number of hydrazine groups is 1. The minimum Gasteiger partial charge on any atom is -0.268 e. The van der Waals surface area contributed by atoms with Gasteiger partial charge in [-0.15, -0.1) is 0 Å². The number of hydrogen-bond donors (Lipinski definition) is 1. The third kappa shape index (κ3) is 1.82. The average molecular weight is 267 g/mol. The molecule has 0 amide bonds. The van der Waals surface area contributed by atoms with Crippen molar-refractivity contribution in [1.29, 1.82) is 0 Å². The lowest BCUT2D eigenvalue weighted by molar-refractivity contribution is 0.256. The zero-order chi connectivity index (χ0) is 13.5. The van der Waals surface area contributed by atoms with E-state index in [0.717, 1.165) is 17.5 Å². The summed E-state index contributed by atoms with van der Waals surface area (Å²) in [5.41, 5.74) is 3.37. The van der Waals surface area contributed by atoms with Crippen molar-refractivity contribution in [2.24, 2.45) is 5.84 Å². The van der Waals surface area contributed by atoms with E-state index < -0.39 is 0 Å². The van der Waals surface area contributed by atoms with E-state index in [4.69, 9.17) is 5.84 Å². The summed E-state index contributed by atoms with van der Waals surface area (Å²) in [6, 6.07) is 3.24. The molecule has 102 valence electrons. The van der Waals surface area contributed by atoms with Gasteiger partial charge in [0.25, 0.3) is 0 Å². The van der Waals surface area contributed by atoms with Crippen LogP contribution in [-0.2, 0) is 0 Å². The molecule has 0 aromatic carbocycles. The van der Waals surface area contributed by atoms with Crippen LogP contribution in [0.2, 0.25) is 0 Å². The van der Waals surface area contributed by atoms with Gasteiger partial charge in [-0.2, -0.15) is 0 Å². The molecule has 4 rings (SSSR count). The number of hydrogen-bond acceptors (Lipinski definition) is 5. The van der Waals surface area contributed by atoms with E-state index in [0.29, 0.717) is 18.0 Å². The van der Waals surface area contributed by atoms with Crippen LogP contribution in [0.4, 0.5) is 0 Å². The van der Waals surface area contributed by atoms with Crippen LogP contribution in [0.15, 0.2) is 37.2 Å². The minimum atomic E-state index is 0.476. The van der Waals surface area contributed by atoms with Crippen molar-refractivity contribution in [3.8, 4) is 11.1 Å². The Labute approximate surface area is 117 Å². The largest absolute Gasteiger partial charge is 0.268 e. The number of fused-ring (bicyclic) bond motifs is 2. The number of rotatable bonds is 2. The second-order valence-electron chi connectivity index (χ2n) is 5.72. The molecule has 2 aromatic heterocycles. The fourth-order valence-electron chi connectivity index (χ4n) is 3.66. The second-order valence-corrected chi connectivity index (χ2v) is 5.72. The zero-order valence-corrected chi connectivity index (χ0v) is 11.2. The highest BCUT2D eigenvalue weighted by Crippen LogP contribution is 2.45. The van der Waals surface area contributed by atoms with E-state index in [9.17, 15) is 0 Å². The van der Waals surface area contributed by atoms with Gasteiger partial charge in [0.1, 0.15) is 6.33 Å². The van der Waals surface area contributed by atoms with E-state index in [-0.39, 0.29) is 0 Å². The quantitative estimate of drug-likeness (QED) is 0.839. The van der Waals surface area contributed by atoms with Gasteiger partial charge in [0.2, 0.25) is 0 Å². The first-order valence-corrected chi connectivity index (χ1v) is 7.06. The lowest BCUT2D eigenvalue weighted by Gasteiger charge is -2.21. The van der Waals surface area contributed by atoms with Crippen LogP contribution in [0, 0.1) is 0 Å². The maximum absolute atomic E-state index is 6.15. The van der Waals surface area contributed by atoms with E-state index >= 15 is 0 Å². The number of aromatic nitrogens is 3. The standard InChI is InChI=1S/C15H17N5/c16-20-13-1-2-15(20)14(4-13)11-3-10(5-17-6-11)12-7-18-9-19-8-12/h3,5-9,13-15H,1-2,4,16H2. The van der Waals surface area contributed by atoms with Crippen LogP contribution in [0.25, 0.3) is 11.1 Å². The summed E-state index contributed by atoms with van der Waals surface area (Å²) >= 11 is 0. The molecule has 2 aliphatic rings. The van der Waals surface area contributed by atoms with Crippen LogP contribution in [-0.4, -0.2) is 32.0 Å². The monoisotopic (exact) mass is 267 g/mol. The maximum Gasteiger partial charge on any atom is 0.115 e. The predicted molar refractivity (Wildman–Crippen MR) is 75.5 cm³/mol. The third-order valence-corrected chi connectivity index (χ3v) is 4.67. The normalized spacial score (nSPS) is 28.9. The summed E-state index contributed by atoms with van der Waals surface area (Å²) in [4.78, 5) is 12.5. The van der Waals surface area contributed by atoms with E-state index in [1.165, 1.54) is 18.4 Å². The molecule has 3 unspecified atom stereocenters. The molecule has 2 aliphatic heterocycles. The molecular weight excluding hydrogens is 250 g/mol. The van der Waals surface area contributed by atoms with E-state index in [1.807, 2.05) is 24.8 Å². The summed E-state index contributed by atoms with van der Waals surface area (Å²) in [5, 5.41) is 2.06. The van der Waals surface area contributed by atoms with Crippen molar-refractivity contribution in [3.63, 3.8) is 0 Å². The van der Waals surface area contributed by atoms with Crippen molar-refractivity contribution in [3.05, 3.63) is 42.7 Å². The molecule has 0 spiro atoms. The Balaban J connectivity index is 1.67. The topological polar surface area (TPSA) is 67.9 Å². The van der Waals surface area contributed by atoms with E-state index in [1.54, 1.807) is 6.33 Å². The predicted octanol–water partition coefficient (Wildman–Crippen LogP) is 1.73. The molecule has 2 fully saturated rings. The molecule has 20 heavy (non-hydrogen) atoms. The molecule has 3 atom stereocenters. The molecule has 0 radical (unpaired) electrons. The highest BCUT2D eigenvalue weighted by molar-refractivity contribution is 5.61. The van der Waals surface area contributed by atoms with Gasteiger partial charge >= 0.3 is 0 Å². The Bertz CT molecular complexity index is 615. The van der Waals surface area contributed by atoms with Crippen LogP contribution in [0.1, 0.15) is 30.7 Å². The molecule has 4 heterocycles. The molecule has 0 saturated carbocycles. The van der Waals surface area contributed by atoms with Gasteiger partial charge in [0.05, 0.1) is 0 Å². The Morgan fingerprint density at radius 1 is 1.00 bits per heavy atom. The smallest absolute Gasteiger partial charge is 0.115 e. The first-order chi connectivity index (χ1) is 9.83. The average Bonchev–Trinajstić information content (AvgIpc) is 3.04. The number of nitrogens with two attached hydrogens (primary N) is 1. The Morgan fingerprint density at radius 2 is 1.80 bits per heavy atom. The van der Waals surface area contributed by atoms with Gasteiger partial charge in [-0.05, 0) is 30.9 Å². The molecule has 2 saturated heterocycles. The number of nitrogens with zero attached hydrogens (tertiary/aromatic N) is 4. The van der Waals surface area contributed by atoms with Gasteiger partial charge in [0, 0.05) is 53.9 Å². The van der Waals surface area contributed by atoms with Crippen LogP contribution < -0.4 is 5.84 Å². The number of pyridine rings is 1. The Hall–Kier alpha value is -1.85. The maximum atomic E-state index is 6.15. The van der Waals surface area contributed by atoms with Gasteiger partial charge in [-0.3, -0.25) is 10.8 Å². The van der Waals surface area contributed by atoms with Crippen LogP contribution >= 0.6 is 0 Å². The van der Waals surface area contributed by atoms with Crippen molar-refractivity contribution < 1.29 is 0 Å². The highest BCUT2D eigenvalue weighted by Gasteiger charge is 2.45. The Kier molecular flexibility index (Phi) is 2.75. The van der Waals surface area contributed by atoms with Crippen molar-refractivity contribution in [2.75, 3.05) is 0 Å². The zero-order valence-electron chi connectivity index (χ0n) is 11.2. The van der Waals surface area contributed by atoms with Gasteiger partial charge < -0.3 is 0 Å². The second kappa shape index (κ2) is 4.61. The lowest BCUT2D eigenvalue weighted by atomic mass is 9.84. The minimum absolute atomic E-state index is 0.476.